The van der Waals surface area contributed by atoms with Crippen molar-refractivity contribution < 1.29 is 19.1 Å². The molecule has 1 unspecified atom stereocenters. The lowest BCUT2D eigenvalue weighted by Crippen LogP contribution is -2.50. The molecule has 96 valence electrons. The van der Waals surface area contributed by atoms with E-state index in [9.17, 15) is 14.4 Å². The van der Waals surface area contributed by atoms with Gasteiger partial charge in [0, 0.05) is 6.54 Å². The van der Waals surface area contributed by atoms with E-state index in [4.69, 9.17) is 0 Å². The van der Waals surface area contributed by atoms with Crippen molar-refractivity contribution in [2.75, 3.05) is 20.2 Å². The smallest absolute Gasteiger partial charge is 0.336 e. The second kappa shape index (κ2) is 6.34. The molecular weight excluding hydrogens is 224 g/mol. The van der Waals surface area contributed by atoms with Crippen LogP contribution in [0, 0.1) is 5.92 Å². The average molecular weight is 242 g/mol. The quantitative estimate of drug-likeness (QED) is 0.499. The first-order chi connectivity index (χ1) is 8.06. The fourth-order valence-corrected chi connectivity index (χ4v) is 1.78. The minimum atomic E-state index is -1.19. The molecule has 6 heteroatoms. The molecule has 0 aromatic carbocycles. The zero-order valence-electron chi connectivity index (χ0n) is 10.1. The molecule has 1 amide bonds. The molecule has 0 spiro atoms. The van der Waals surface area contributed by atoms with Gasteiger partial charge in [-0.05, 0) is 26.3 Å². The van der Waals surface area contributed by atoms with Crippen molar-refractivity contribution in [3.8, 4) is 0 Å². The topological polar surface area (TPSA) is 84.5 Å². The van der Waals surface area contributed by atoms with Crippen LogP contribution in [0.25, 0.3) is 0 Å². The van der Waals surface area contributed by atoms with Gasteiger partial charge in [-0.15, -0.1) is 0 Å². The van der Waals surface area contributed by atoms with Gasteiger partial charge in [-0.1, -0.05) is 0 Å². The number of rotatable bonds is 4. The van der Waals surface area contributed by atoms with Crippen LogP contribution in [0.2, 0.25) is 0 Å². The molecule has 0 aromatic heterocycles. The van der Waals surface area contributed by atoms with E-state index in [1.54, 1.807) is 0 Å². The zero-order valence-corrected chi connectivity index (χ0v) is 10.1. The number of ketones is 1. The summed E-state index contributed by atoms with van der Waals surface area (Å²) in [7, 11) is 1.19. The summed E-state index contributed by atoms with van der Waals surface area (Å²) in [6.45, 7) is 2.73. The SMILES string of the molecule is COC(=O)C(NC(=O)[C@@H]1CCCNC1)C(C)=O. The Bertz CT molecular complexity index is 311. The Morgan fingerprint density at radius 3 is 2.59 bits per heavy atom. The third-order valence-electron chi connectivity index (χ3n) is 2.80. The molecule has 1 aliphatic rings. The summed E-state index contributed by atoms with van der Waals surface area (Å²) in [5, 5.41) is 5.53. The molecule has 0 radical (unpaired) electrons. The van der Waals surface area contributed by atoms with E-state index in [1.807, 2.05) is 0 Å². The molecule has 0 saturated carbocycles. The largest absolute Gasteiger partial charge is 0.467 e. The number of ether oxygens (including phenoxy) is 1. The number of amides is 1. The van der Waals surface area contributed by atoms with Gasteiger partial charge < -0.3 is 15.4 Å². The van der Waals surface area contributed by atoms with Gasteiger partial charge in [-0.25, -0.2) is 4.79 Å². The van der Waals surface area contributed by atoms with Crippen LogP contribution in [0.3, 0.4) is 0 Å². The highest BCUT2D eigenvalue weighted by Gasteiger charge is 2.29. The van der Waals surface area contributed by atoms with Crippen molar-refractivity contribution in [1.82, 2.24) is 10.6 Å². The second-order valence-corrected chi connectivity index (χ2v) is 4.12. The molecule has 0 bridgehead atoms. The summed E-state index contributed by atoms with van der Waals surface area (Å²) in [4.78, 5) is 34.4. The van der Waals surface area contributed by atoms with Crippen molar-refractivity contribution in [2.45, 2.75) is 25.8 Å². The van der Waals surface area contributed by atoms with Crippen LogP contribution >= 0.6 is 0 Å². The molecule has 0 aromatic rings. The van der Waals surface area contributed by atoms with Gasteiger partial charge in [0.2, 0.25) is 5.91 Å². The summed E-state index contributed by atoms with van der Waals surface area (Å²) in [5.74, 6) is -1.61. The van der Waals surface area contributed by atoms with Crippen LogP contribution in [0.5, 0.6) is 0 Å². The summed E-state index contributed by atoms with van der Waals surface area (Å²) >= 11 is 0. The van der Waals surface area contributed by atoms with Crippen LogP contribution in [0.1, 0.15) is 19.8 Å². The average Bonchev–Trinajstić information content (AvgIpc) is 2.35. The number of esters is 1. The summed E-state index contributed by atoms with van der Waals surface area (Å²) < 4.78 is 4.47. The molecule has 1 fully saturated rings. The van der Waals surface area contributed by atoms with Crippen molar-refractivity contribution in [3.63, 3.8) is 0 Å². The fourth-order valence-electron chi connectivity index (χ4n) is 1.78. The molecule has 2 atom stereocenters. The normalized spacial score (nSPS) is 21.4. The third kappa shape index (κ3) is 3.81. The maximum atomic E-state index is 11.8. The van der Waals surface area contributed by atoms with Gasteiger partial charge in [-0.2, -0.15) is 0 Å². The summed E-state index contributed by atoms with van der Waals surface area (Å²) in [6, 6.07) is -1.19. The van der Waals surface area contributed by atoms with E-state index in [-0.39, 0.29) is 11.8 Å². The number of carbonyl (C=O) groups excluding carboxylic acids is 3. The standard InChI is InChI=1S/C11H18N2O4/c1-7(14)9(11(16)17-2)13-10(15)8-4-3-5-12-6-8/h8-9,12H,3-6H2,1-2H3,(H,13,15)/t8-,9?/m1/s1. The van der Waals surface area contributed by atoms with Crippen LogP contribution in [-0.2, 0) is 19.1 Å². The summed E-state index contributed by atoms with van der Waals surface area (Å²) in [6.07, 6.45) is 1.69. The van der Waals surface area contributed by atoms with E-state index in [0.717, 1.165) is 19.4 Å². The van der Waals surface area contributed by atoms with Crippen molar-refractivity contribution in [3.05, 3.63) is 0 Å². The number of methoxy groups -OCH3 is 1. The van der Waals surface area contributed by atoms with E-state index in [2.05, 4.69) is 15.4 Å². The Kier molecular flexibility index (Phi) is 5.09. The van der Waals surface area contributed by atoms with Crippen molar-refractivity contribution in [1.29, 1.82) is 0 Å². The molecule has 6 nitrogen and oxygen atoms in total. The lowest BCUT2D eigenvalue weighted by molar-refractivity contribution is -0.148. The van der Waals surface area contributed by atoms with Gasteiger partial charge in [0.05, 0.1) is 13.0 Å². The number of carbonyl (C=O) groups is 3. The lowest BCUT2D eigenvalue weighted by Gasteiger charge is -2.23. The van der Waals surface area contributed by atoms with Gasteiger partial charge in [0.25, 0.3) is 0 Å². The second-order valence-electron chi connectivity index (χ2n) is 4.12. The Morgan fingerprint density at radius 2 is 2.12 bits per heavy atom. The highest BCUT2D eigenvalue weighted by Crippen LogP contribution is 2.10. The fraction of sp³-hybridized carbons (Fsp3) is 0.727. The molecule has 1 saturated heterocycles. The molecular formula is C11H18N2O4. The Balaban J connectivity index is 2.57. The molecule has 0 aliphatic carbocycles. The van der Waals surface area contributed by atoms with Crippen LogP contribution < -0.4 is 10.6 Å². The highest BCUT2D eigenvalue weighted by atomic mass is 16.5. The molecule has 1 aliphatic heterocycles. The highest BCUT2D eigenvalue weighted by molar-refractivity contribution is 6.04. The molecule has 1 heterocycles. The number of piperidine rings is 1. The molecule has 2 N–H and O–H groups in total. The number of nitrogens with one attached hydrogen (secondary N) is 2. The maximum absolute atomic E-state index is 11.8. The molecule has 17 heavy (non-hydrogen) atoms. The van der Waals surface area contributed by atoms with Crippen molar-refractivity contribution in [2.24, 2.45) is 5.92 Å². The van der Waals surface area contributed by atoms with Gasteiger partial charge in [0.1, 0.15) is 0 Å². The first-order valence-corrected chi connectivity index (χ1v) is 5.65. The lowest BCUT2D eigenvalue weighted by atomic mass is 9.98. The Hall–Kier alpha value is -1.43. The third-order valence-corrected chi connectivity index (χ3v) is 2.80. The predicted molar refractivity (Wildman–Crippen MR) is 60.2 cm³/mol. The van der Waals surface area contributed by atoms with Crippen LogP contribution in [0.4, 0.5) is 0 Å². The number of Topliss-reactive ketones (excluding diaryl/α,β-unsaturated/α-hetero) is 1. The van der Waals surface area contributed by atoms with Gasteiger partial charge in [-0.3, -0.25) is 9.59 Å². The van der Waals surface area contributed by atoms with Gasteiger partial charge in [0.15, 0.2) is 11.8 Å². The number of hydrogen-bond donors (Lipinski definition) is 2. The Labute approximate surface area is 100 Å². The summed E-state index contributed by atoms with van der Waals surface area (Å²) in [5.41, 5.74) is 0. The van der Waals surface area contributed by atoms with Crippen LogP contribution in [0.15, 0.2) is 0 Å². The van der Waals surface area contributed by atoms with E-state index >= 15 is 0 Å². The minimum absolute atomic E-state index is 0.185. The molecule has 1 rings (SSSR count). The van der Waals surface area contributed by atoms with Crippen LogP contribution in [-0.4, -0.2) is 43.9 Å². The van der Waals surface area contributed by atoms with E-state index in [0.29, 0.717) is 6.54 Å². The first-order valence-electron chi connectivity index (χ1n) is 5.65. The maximum Gasteiger partial charge on any atom is 0.336 e. The van der Waals surface area contributed by atoms with Crippen molar-refractivity contribution >= 4 is 17.7 Å². The predicted octanol–water partition coefficient (Wildman–Crippen LogP) is -0.767. The number of hydrogen-bond acceptors (Lipinski definition) is 5. The minimum Gasteiger partial charge on any atom is -0.467 e. The van der Waals surface area contributed by atoms with E-state index < -0.39 is 17.8 Å². The Morgan fingerprint density at radius 1 is 1.41 bits per heavy atom. The first kappa shape index (κ1) is 13.6. The van der Waals surface area contributed by atoms with E-state index in [1.165, 1.54) is 14.0 Å². The monoisotopic (exact) mass is 242 g/mol. The zero-order chi connectivity index (χ0) is 12.8. The van der Waals surface area contributed by atoms with Gasteiger partial charge >= 0.3 is 5.97 Å².